The van der Waals surface area contributed by atoms with E-state index < -0.39 is 5.54 Å². The van der Waals surface area contributed by atoms with Crippen molar-refractivity contribution >= 4 is 17.5 Å². The minimum atomic E-state index is -0.460. The number of halogens is 2. The standard InChI is InChI=1S/C13H17ClFNO/c1-9(14)13(2,3)16-12(17)8-10-4-6-11(15)7-5-10/h4-7,9H,8H2,1-3H3,(H,16,17). The number of nitrogens with one attached hydrogen (secondary N) is 1. The van der Waals surface area contributed by atoms with Gasteiger partial charge in [0.1, 0.15) is 5.82 Å². The fourth-order valence-corrected chi connectivity index (χ4v) is 1.35. The Morgan fingerprint density at radius 1 is 1.41 bits per heavy atom. The molecule has 0 aliphatic rings. The lowest BCUT2D eigenvalue weighted by Crippen LogP contribution is -2.49. The van der Waals surface area contributed by atoms with Gasteiger partial charge in [-0.25, -0.2) is 4.39 Å². The Labute approximate surface area is 106 Å². The predicted octanol–water partition coefficient (Wildman–Crippen LogP) is 2.89. The lowest BCUT2D eigenvalue weighted by atomic mass is 10.0. The molecule has 1 rings (SSSR count). The maximum atomic E-state index is 12.7. The molecule has 0 aromatic heterocycles. The molecule has 0 saturated heterocycles. The number of hydrogen-bond acceptors (Lipinski definition) is 1. The highest BCUT2D eigenvalue weighted by Crippen LogP contribution is 2.15. The molecule has 1 aromatic carbocycles. The van der Waals surface area contributed by atoms with Crippen molar-refractivity contribution in [2.45, 2.75) is 38.1 Å². The zero-order chi connectivity index (χ0) is 13.1. The van der Waals surface area contributed by atoms with Crippen LogP contribution in [0.3, 0.4) is 0 Å². The van der Waals surface area contributed by atoms with Crippen LogP contribution in [-0.4, -0.2) is 16.8 Å². The summed E-state index contributed by atoms with van der Waals surface area (Å²) in [6.07, 6.45) is 0.229. The molecule has 17 heavy (non-hydrogen) atoms. The van der Waals surface area contributed by atoms with Crippen LogP contribution < -0.4 is 5.32 Å². The first-order valence-electron chi connectivity index (χ1n) is 5.51. The van der Waals surface area contributed by atoms with Crippen molar-refractivity contribution in [1.29, 1.82) is 0 Å². The third kappa shape index (κ3) is 4.35. The van der Waals surface area contributed by atoms with Gasteiger partial charge >= 0.3 is 0 Å². The smallest absolute Gasteiger partial charge is 0.224 e. The summed E-state index contributed by atoms with van der Waals surface area (Å²) in [6.45, 7) is 5.57. The highest BCUT2D eigenvalue weighted by atomic mass is 35.5. The molecular weight excluding hydrogens is 241 g/mol. The van der Waals surface area contributed by atoms with Crippen LogP contribution in [0.2, 0.25) is 0 Å². The summed E-state index contributed by atoms with van der Waals surface area (Å²) >= 11 is 5.97. The summed E-state index contributed by atoms with van der Waals surface area (Å²) in [5, 5.41) is 2.69. The zero-order valence-corrected chi connectivity index (χ0v) is 11.0. The van der Waals surface area contributed by atoms with Gasteiger partial charge in [-0.1, -0.05) is 12.1 Å². The summed E-state index contributed by atoms with van der Waals surface area (Å²) in [4.78, 5) is 11.8. The van der Waals surface area contributed by atoms with E-state index in [1.165, 1.54) is 12.1 Å². The number of alkyl halides is 1. The monoisotopic (exact) mass is 257 g/mol. The van der Waals surface area contributed by atoms with Gasteiger partial charge in [-0.05, 0) is 38.5 Å². The molecule has 0 saturated carbocycles. The summed E-state index contributed by atoms with van der Waals surface area (Å²) in [7, 11) is 0. The molecule has 0 fully saturated rings. The van der Waals surface area contributed by atoms with Crippen LogP contribution in [-0.2, 0) is 11.2 Å². The highest BCUT2D eigenvalue weighted by molar-refractivity contribution is 6.21. The number of hydrogen-bond donors (Lipinski definition) is 1. The van der Waals surface area contributed by atoms with Crippen molar-refractivity contribution in [3.63, 3.8) is 0 Å². The first-order valence-corrected chi connectivity index (χ1v) is 5.94. The first kappa shape index (κ1) is 14.0. The van der Waals surface area contributed by atoms with Gasteiger partial charge in [-0.2, -0.15) is 0 Å². The van der Waals surface area contributed by atoms with Crippen molar-refractivity contribution in [3.8, 4) is 0 Å². The average molecular weight is 258 g/mol. The molecular formula is C13H17ClFNO. The van der Waals surface area contributed by atoms with Crippen LogP contribution in [0.4, 0.5) is 4.39 Å². The Morgan fingerprint density at radius 3 is 2.41 bits per heavy atom. The van der Waals surface area contributed by atoms with E-state index in [1.54, 1.807) is 12.1 Å². The van der Waals surface area contributed by atoms with Crippen molar-refractivity contribution in [2.24, 2.45) is 0 Å². The van der Waals surface area contributed by atoms with Gasteiger partial charge in [0.15, 0.2) is 0 Å². The molecule has 1 aromatic rings. The van der Waals surface area contributed by atoms with Crippen LogP contribution in [0, 0.1) is 5.82 Å². The molecule has 0 spiro atoms. The van der Waals surface area contributed by atoms with Gasteiger partial charge in [0.2, 0.25) is 5.91 Å². The maximum absolute atomic E-state index is 12.7. The topological polar surface area (TPSA) is 29.1 Å². The lowest BCUT2D eigenvalue weighted by molar-refractivity contribution is -0.122. The number of carbonyl (C=O) groups is 1. The fraction of sp³-hybridized carbons (Fsp3) is 0.462. The van der Waals surface area contributed by atoms with Gasteiger partial charge in [0.25, 0.3) is 0 Å². The molecule has 0 aliphatic carbocycles. The van der Waals surface area contributed by atoms with E-state index in [0.29, 0.717) is 0 Å². The molecule has 1 atom stereocenters. The second-order valence-corrected chi connectivity index (χ2v) is 5.34. The largest absolute Gasteiger partial charge is 0.349 e. The van der Waals surface area contributed by atoms with E-state index in [1.807, 2.05) is 20.8 Å². The minimum absolute atomic E-state index is 0.117. The third-order valence-corrected chi connectivity index (χ3v) is 3.28. The molecule has 1 unspecified atom stereocenters. The predicted molar refractivity (Wildman–Crippen MR) is 67.6 cm³/mol. The Bertz CT molecular complexity index is 387. The van der Waals surface area contributed by atoms with E-state index in [9.17, 15) is 9.18 Å². The van der Waals surface area contributed by atoms with Gasteiger partial charge in [-0.15, -0.1) is 11.6 Å². The molecule has 0 aliphatic heterocycles. The summed E-state index contributed by atoms with van der Waals surface area (Å²) in [5.74, 6) is -0.419. The summed E-state index contributed by atoms with van der Waals surface area (Å²) in [5.41, 5.74) is 0.320. The van der Waals surface area contributed by atoms with Gasteiger partial charge in [0.05, 0.1) is 17.3 Å². The van der Waals surface area contributed by atoms with E-state index in [4.69, 9.17) is 11.6 Å². The normalized spacial score (nSPS) is 13.2. The van der Waals surface area contributed by atoms with Gasteiger partial charge in [0, 0.05) is 0 Å². The Morgan fingerprint density at radius 2 is 1.94 bits per heavy atom. The molecule has 0 radical (unpaired) electrons. The fourth-order valence-electron chi connectivity index (χ4n) is 1.29. The van der Waals surface area contributed by atoms with Crippen LogP contribution in [0.1, 0.15) is 26.3 Å². The van der Waals surface area contributed by atoms with Crippen LogP contribution in [0.15, 0.2) is 24.3 Å². The molecule has 1 N–H and O–H groups in total. The van der Waals surface area contributed by atoms with Crippen molar-refractivity contribution < 1.29 is 9.18 Å². The molecule has 2 nitrogen and oxygen atoms in total. The molecule has 1 amide bonds. The molecule has 0 bridgehead atoms. The van der Waals surface area contributed by atoms with Crippen molar-refractivity contribution in [3.05, 3.63) is 35.6 Å². The van der Waals surface area contributed by atoms with E-state index in [0.717, 1.165) is 5.56 Å². The third-order valence-electron chi connectivity index (χ3n) is 2.73. The van der Waals surface area contributed by atoms with Gasteiger partial charge in [-0.3, -0.25) is 4.79 Å². The zero-order valence-electron chi connectivity index (χ0n) is 10.3. The number of rotatable bonds is 4. The van der Waals surface area contributed by atoms with Crippen LogP contribution >= 0.6 is 11.6 Å². The molecule has 94 valence electrons. The number of benzene rings is 1. The van der Waals surface area contributed by atoms with Crippen LogP contribution in [0.5, 0.6) is 0 Å². The second kappa shape index (κ2) is 5.50. The highest BCUT2D eigenvalue weighted by Gasteiger charge is 2.25. The Balaban J connectivity index is 2.59. The molecule has 4 heteroatoms. The summed E-state index contributed by atoms with van der Waals surface area (Å²) < 4.78 is 12.7. The number of amides is 1. The Hall–Kier alpha value is -1.09. The second-order valence-electron chi connectivity index (χ2n) is 4.69. The van der Waals surface area contributed by atoms with Gasteiger partial charge < -0.3 is 5.32 Å². The van der Waals surface area contributed by atoms with E-state index >= 15 is 0 Å². The van der Waals surface area contributed by atoms with E-state index in [2.05, 4.69) is 5.32 Å². The first-order chi connectivity index (χ1) is 7.81. The van der Waals surface area contributed by atoms with Crippen molar-refractivity contribution in [2.75, 3.05) is 0 Å². The average Bonchev–Trinajstić information content (AvgIpc) is 2.20. The van der Waals surface area contributed by atoms with E-state index in [-0.39, 0.29) is 23.5 Å². The Kier molecular flexibility index (Phi) is 4.52. The van der Waals surface area contributed by atoms with Crippen molar-refractivity contribution in [1.82, 2.24) is 5.32 Å². The minimum Gasteiger partial charge on any atom is -0.349 e. The van der Waals surface area contributed by atoms with Crippen LogP contribution in [0.25, 0.3) is 0 Å². The summed E-state index contributed by atoms with van der Waals surface area (Å²) in [6, 6.07) is 5.90. The SMILES string of the molecule is CC(Cl)C(C)(C)NC(=O)Cc1ccc(F)cc1. The maximum Gasteiger partial charge on any atom is 0.224 e. The quantitative estimate of drug-likeness (QED) is 0.826. The molecule has 0 heterocycles. The lowest BCUT2D eigenvalue weighted by Gasteiger charge is -2.29. The number of carbonyl (C=O) groups excluding carboxylic acids is 1.